The molecule has 0 radical (unpaired) electrons. The topological polar surface area (TPSA) is 64.9 Å². The zero-order valence-electron chi connectivity index (χ0n) is 9.17. The van der Waals surface area contributed by atoms with E-state index in [9.17, 15) is 4.79 Å². The summed E-state index contributed by atoms with van der Waals surface area (Å²) in [5, 5.41) is 15.7. The number of nitrogens with zero attached hydrogens (tertiary/aromatic N) is 1. The van der Waals surface area contributed by atoms with Crippen LogP contribution in [-0.2, 0) is 17.8 Å². The van der Waals surface area contributed by atoms with Crippen molar-refractivity contribution in [3.8, 4) is 18.4 Å². The smallest absolute Gasteiger partial charge is 0.237 e. The highest BCUT2D eigenvalue weighted by Crippen LogP contribution is 2.34. The first kappa shape index (κ1) is 11.7. The number of hydrogen-bond acceptors (Lipinski definition) is 4. The Morgan fingerprint density at radius 2 is 2.47 bits per heavy atom. The van der Waals surface area contributed by atoms with Crippen LogP contribution in [0, 0.1) is 23.7 Å². The molecule has 0 fully saturated rings. The van der Waals surface area contributed by atoms with Crippen LogP contribution < -0.4 is 10.6 Å². The molecule has 0 aromatic carbocycles. The number of carbonyl (C=O) groups is 1. The van der Waals surface area contributed by atoms with Gasteiger partial charge >= 0.3 is 0 Å². The minimum Gasteiger partial charge on any atom is -0.316 e. The summed E-state index contributed by atoms with van der Waals surface area (Å²) in [6.45, 7) is 1.63. The molecule has 1 aliphatic heterocycles. The lowest BCUT2D eigenvalue weighted by Crippen LogP contribution is -2.22. The molecule has 1 aromatic rings. The minimum atomic E-state index is -0.240. The second kappa shape index (κ2) is 5.01. The van der Waals surface area contributed by atoms with Gasteiger partial charge in [0, 0.05) is 11.4 Å². The molecular formula is C12H11N3OS. The van der Waals surface area contributed by atoms with E-state index in [1.165, 1.54) is 11.3 Å². The summed E-state index contributed by atoms with van der Waals surface area (Å²) in [5.41, 5.74) is 1.66. The van der Waals surface area contributed by atoms with Gasteiger partial charge in [0.1, 0.15) is 11.1 Å². The van der Waals surface area contributed by atoms with Gasteiger partial charge in [0.15, 0.2) is 0 Å². The second-order valence-electron chi connectivity index (χ2n) is 3.68. The monoisotopic (exact) mass is 245 g/mol. The summed E-state index contributed by atoms with van der Waals surface area (Å²) in [6.07, 6.45) is 5.94. The predicted octanol–water partition coefficient (Wildman–Crippen LogP) is 1.23. The van der Waals surface area contributed by atoms with Crippen molar-refractivity contribution in [3.05, 3.63) is 16.0 Å². The molecule has 0 bridgehead atoms. The summed E-state index contributed by atoms with van der Waals surface area (Å²) in [7, 11) is 0. The summed E-state index contributed by atoms with van der Waals surface area (Å²) in [5.74, 6) is 2.04. The van der Waals surface area contributed by atoms with Crippen LogP contribution in [0.1, 0.15) is 22.4 Å². The average molecular weight is 245 g/mol. The van der Waals surface area contributed by atoms with E-state index in [0.717, 1.165) is 30.0 Å². The first-order valence-corrected chi connectivity index (χ1v) is 6.06. The Hall–Kier alpha value is -1.82. The van der Waals surface area contributed by atoms with Crippen molar-refractivity contribution in [2.45, 2.75) is 19.4 Å². The van der Waals surface area contributed by atoms with Crippen LogP contribution in [0.5, 0.6) is 0 Å². The second-order valence-corrected chi connectivity index (χ2v) is 4.78. The Labute approximate surface area is 104 Å². The highest BCUT2D eigenvalue weighted by Gasteiger charge is 2.21. The maximum absolute atomic E-state index is 11.4. The van der Waals surface area contributed by atoms with Crippen LogP contribution in [0.15, 0.2) is 0 Å². The van der Waals surface area contributed by atoms with E-state index in [-0.39, 0.29) is 12.3 Å². The van der Waals surface area contributed by atoms with Crippen molar-refractivity contribution < 1.29 is 4.79 Å². The number of terminal acetylenes is 1. The van der Waals surface area contributed by atoms with E-state index in [4.69, 9.17) is 11.7 Å². The van der Waals surface area contributed by atoms with Crippen molar-refractivity contribution >= 4 is 22.2 Å². The minimum absolute atomic E-state index is 0.0334. The molecule has 0 unspecified atom stereocenters. The van der Waals surface area contributed by atoms with E-state index >= 15 is 0 Å². The third-order valence-electron chi connectivity index (χ3n) is 2.56. The molecule has 0 spiro atoms. The average Bonchev–Trinajstić information content (AvgIpc) is 2.66. The lowest BCUT2D eigenvalue weighted by Gasteiger charge is -2.11. The Morgan fingerprint density at radius 1 is 1.65 bits per heavy atom. The maximum atomic E-state index is 11.4. The molecule has 1 aliphatic rings. The number of carbonyl (C=O) groups excluding carboxylic acids is 1. The largest absolute Gasteiger partial charge is 0.316 e. The molecule has 0 saturated carbocycles. The van der Waals surface area contributed by atoms with Crippen LogP contribution in [0.3, 0.4) is 0 Å². The Bertz CT molecular complexity index is 533. The van der Waals surface area contributed by atoms with Gasteiger partial charge in [0.25, 0.3) is 0 Å². The molecule has 17 heavy (non-hydrogen) atoms. The lowest BCUT2D eigenvalue weighted by molar-refractivity contribution is -0.115. The fourth-order valence-corrected chi connectivity index (χ4v) is 2.99. The zero-order valence-corrected chi connectivity index (χ0v) is 9.99. The number of thiophene rings is 1. The van der Waals surface area contributed by atoms with Crippen molar-refractivity contribution in [3.63, 3.8) is 0 Å². The molecule has 2 heterocycles. The van der Waals surface area contributed by atoms with E-state index in [1.807, 2.05) is 0 Å². The molecule has 0 aliphatic carbocycles. The van der Waals surface area contributed by atoms with Gasteiger partial charge in [-0.3, -0.25) is 4.79 Å². The molecular weight excluding hydrogens is 234 g/mol. The summed E-state index contributed by atoms with van der Waals surface area (Å²) in [4.78, 5) is 12.5. The van der Waals surface area contributed by atoms with Gasteiger partial charge in [-0.1, -0.05) is 5.92 Å². The highest BCUT2D eigenvalue weighted by atomic mass is 32.1. The van der Waals surface area contributed by atoms with Gasteiger partial charge in [-0.15, -0.1) is 17.8 Å². The Morgan fingerprint density at radius 3 is 3.18 bits per heavy atom. The molecule has 4 nitrogen and oxygen atoms in total. The maximum Gasteiger partial charge on any atom is 0.237 e. The van der Waals surface area contributed by atoms with Crippen LogP contribution in [0.4, 0.5) is 5.00 Å². The summed E-state index contributed by atoms with van der Waals surface area (Å²) < 4.78 is 0. The number of anilines is 1. The Kier molecular flexibility index (Phi) is 3.43. The fourth-order valence-electron chi connectivity index (χ4n) is 1.80. The van der Waals surface area contributed by atoms with Gasteiger partial charge in [0.05, 0.1) is 12.0 Å². The van der Waals surface area contributed by atoms with Crippen molar-refractivity contribution in [2.24, 2.45) is 0 Å². The first-order valence-electron chi connectivity index (χ1n) is 5.25. The SMILES string of the molecule is C#CCC(=O)Nc1sc2c(c1C#N)CCNC2. The fraction of sp³-hybridized carbons (Fsp3) is 0.333. The Balaban J connectivity index is 2.29. The van der Waals surface area contributed by atoms with Crippen molar-refractivity contribution in [1.82, 2.24) is 5.32 Å². The highest BCUT2D eigenvalue weighted by molar-refractivity contribution is 7.16. The number of rotatable bonds is 2. The van der Waals surface area contributed by atoms with Crippen molar-refractivity contribution in [1.29, 1.82) is 5.26 Å². The summed E-state index contributed by atoms with van der Waals surface area (Å²) in [6, 6.07) is 2.17. The van der Waals surface area contributed by atoms with E-state index in [1.54, 1.807) is 0 Å². The molecule has 0 saturated heterocycles. The first-order chi connectivity index (χ1) is 8.26. The quantitative estimate of drug-likeness (QED) is 0.770. The van der Waals surface area contributed by atoms with Crippen LogP contribution in [-0.4, -0.2) is 12.5 Å². The molecule has 2 N–H and O–H groups in total. The van der Waals surface area contributed by atoms with Gasteiger partial charge < -0.3 is 10.6 Å². The molecule has 1 aromatic heterocycles. The zero-order chi connectivity index (χ0) is 12.3. The lowest BCUT2D eigenvalue weighted by atomic mass is 10.1. The van der Waals surface area contributed by atoms with Crippen LogP contribution in [0.2, 0.25) is 0 Å². The molecule has 1 amide bonds. The normalized spacial score (nSPS) is 13.3. The summed E-state index contributed by atoms with van der Waals surface area (Å²) >= 11 is 1.46. The van der Waals surface area contributed by atoms with E-state index in [0.29, 0.717) is 10.6 Å². The van der Waals surface area contributed by atoms with Gasteiger partial charge in [0.2, 0.25) is 5.91 Å². The number of nitrogens with one attached hydrogen (secondary N) is 2. The number of nitriles is 1. The number of fused-ring (bicyclic) bond motifs is 1. The third-order valence-corrected chi connectivity index (χ3v) is 3.70. The molecule has 2 rings (SSSR count). The van der Waals surface area contributed by atoms with Crippen molar-refractivity contribution in [2.75, 3.05) is 11.9 Å². The number of amides is 1. The third kappa shape index (κ3) is 2.31. The predicted molar refractivity (Wildman–Crippen MR) is 66.5 cm³/mol. The molecule has 0 atom stereocenters. The van der Waals surface area contributed by atoms with Gasteiger partial charge in [-0.05, 0) is 18.5 Å². The standard InChI is InChI=1S/C12H11N3OS/c1-2-3-11(16)15-12-9(6-13)8-4-5-14-7-10(8)17-12/h1,14H,3-5,7H2,(H,15,16). The number of hydrogen-bond donors (Lipinski definition) is 2. The van der Waals surface area contributed by atoms with E-state index < -0.39 is 0 Å². The van der Waals surface area contributed by atoms with Crippen LogP contribution >= 0.6 is 11.3 Å². The molecule has 86 valence electrons. The van der Waals surface area contributed by atoms with Gasteiger partial charge in [-0.25, -0.2) is 0 Å². The molecule has 5 heteroatoms. The van der Waals surface area contributed by atoms with Crippen LogP contribution in [0.25, 0.3) is 0 Å². The van der Waals surface area contributed by atoms with Gasteiger partial charge in [-0.2, -0.15) is 5.26 Å². The van der Waals surface area contributed by atoms with E-state index in [2.05, 4.69) is 22.6 Å².